The minimum Gasteiger partial charge on any atom is -0.460 e. The van der Waals surface area contributed by atoms with E-state index in [1.165, 1.54) is 23.5 Å². The Morgan fingerprint density at radius 3 is 1.49 bits per heavy atom. The van der Waals surface area contributed by atoms with Gasteiger partial charge in [0.25, 0.3) is 5.56 Å². The number of carbonyl (C=O) groups is 1. The molecule has 1 aromatic carbocycles. The molecular formula is C50H74N4O13. The van der Waals surface area contributed by atoms with Crippen LogP contribution < -0.4 is 11.2 Å². The Morgan fingerprint density at radius 1 is 0.612 bits per heavy atom. The molecule has 0 atom stereocenters. The van der Waals surface area contributed by atoms with E-state index in [4.69, 9.17) is 58.8 Å². The van der Waals surface area contributed by atoms with Crippen LogP contribution in [-0.4, -0.2) is 151 Å². The van der Waals surface area contributed by atoms with Crippen LogP contribution in [0.15, 0.2) is 39.9 Å². The highest BCUT2D eigenvalue weighted by atomic mass is 16.6. The fourth-order valence-electron chi connectivity index (χ4n) is 8.28. The second-order valence-corrected chi connectivity index (χ2v) is 16.7. The molecule has 17 nitrogen and oxygen atoms in total. The Hall–Kier alpha value is -4.22. The van der Waals surface area contributed by atoms with E-state index >= 15 is 0 Å². The van der Waals surface area contributed by atoms with E-state index in [9.17, 15) is 14.4 Å². The number of ether oxygens (including phenoxy) is 10. The van der Waals surface area contributed by atoms with Crippen molar-refractivity contribution in [3.8, 4) is 23.7 Å². The Labute approximate surface area is 395 Å². The molecule has 67 heavy (non-hydrogen) atoms. The van der Waals surface area contributed by atoms with Crippen molar-refractivity contribution in [3.63, 3.8) is 0 Å². The number of nitrogens with zero attached hydrogens (tertiary/aromatic N) is 4. The first-order chi connectivity index (χ1) is 33.0. The van der Waals surface area contributed by atoms with Crippen LogP contribution in [0.4, 0.5) is 0 Å². The first-order valence-corrected chi connectivity index (χ1v) is 24.2. The lowest BCUT2D eigenvalue weighted by Gasteiger charge is -2.24. The standard InChI is InChI=1S/C50H74N4O13/c1-3-20-52-46-48(53(39-42-10-6-4-7-11-42)50(57)54(49(46)56)40-43-12-8-5-9-13-43)51-47(52)44-17-14-41(15-18-44)16-19-45(55)67-38-37-66-36-35-65-34-33-64-32-31-63-30-29-62-28-27-61-26-25-60-24-23-59-22-21-58-2/h1,14-19,42-43H,4-13,20-40H2,2H3. The van der Waals surface area contributed by atoms with Gasteiger partial charge in [0.2, 0.25) is 0 Å². The van der Waals surface area contributed by atoms with Gasteiger partial charge in [0.15, 0.2) is 11.2 Å². The van der Waals surface area contributed by atoms with Gasteiger partial charge < -0.3 is 51.9 Å². The van der Waals surface area contributed by atoms with Crippen LogP contribution in [-0.2, 0) is 71.8 Å². The molecular weight excluding hydrogens is 865 g/mol. The number of imidazole rings is 1. The molecule has 2 aliphatic rings. The van der Waals surface area contributed by atoms with Gasteiger partial charge in [-0.2, -0.15) is 0 Å². The minimum absolute atomic E-state index is 0.103. The Morgan fingerprint density at radius 2 is 1.04 bits per heavy atom. The largest absolute Gasteiger partial charge is 0.460 e. The molecule has 3 aromatic rings. The van der Waals surface area contributed by atoms with Crippen LogP contribution in [0.5, 0.6) is 0 Å². The molecule has 0 aliphatic heterocycles. The second kappa shape index (κ2) is 32.5. The van der Waals surface area contributed by atoms with E-state index in [2.05, 4.69) is 5.92 Å². The van der Waals surface area contributed by atoms with Crippen LogP contribution in [0.2, 0.25) is 0 Å². The van der Waals surface area contributed by atoms with Gasteiger partial charge in [0, 0.05) is 31.8 Å². The van der Waals surface area contributed by atoms with E-state index < -0.39 is 5.97 Å². The smallest absolute Gasteiger partial charge is 0.332 e. The topological polar surface area (TPSA) is 171 Å². The summed E-state index contributed by atoms with van der Waals surface area (Å²) in [5.41, 5.74) is 1.67. The number of aromatic nitrogens is 4. The highest BCUT2D eigenvalue weighted by molar-refractivity contribution is 5.87. The van der Waals surface area contributed by atoms with E-state index in [0.29, 0.717) is 148 Å². The number of carbonyl (C=O) groups excluding carboxylic acids is 1. The number of fused-ring (bicyclic) bond motifs is 1. The molecule has 2 aromatic heterocycles. The van der Waals surface area contributed by atoms with E-state index in [1.54, 1.807) is 22.3 Å². The molecule has 2 saturated carbocycles. The zero-order valence-corrected chi connectivity index (χ0v) is 39.7. The predicted octanol–water partition coefficient (Wildman–Crippen LogP) is 5.16. The van der Waals surface area contributed by atoms with Crippen LogP contribution in [0.3, 0.4) is 0 Å². The van der Waals surface area contributed by atoms with E-state index in [-0.39, 0.29) is 31.0 Å². The molecule has 2 fully saturated rings. The maximum absolute atomic E-state index is 14.2. The van der Waals surface area contributed by atoms with Gasteiger partial charge in [0.1, 0.15) is 12.4 Å². The molecule has 0 saturated heterocycles. The first kappa shape index (κ1) is 53.7. The van der Waals surface area contributed by atoms with Gasteiger partial charge in [-0.05, 0) is 49.2 Å². The molecule has 0 unspecified atom stereocenters. The summed E-state index contributed by atoms with van der Waals surface area (Å²) >= 11 is 0. The van der Waals surface area contributed by atoms with Crippen molar-refractivity contribution in [1.82, 2.24) is 18.7 Å². The Balaban J connectivity index is 0.939. The lowest BCUT2D eigenvalue weighted by molar-refractivity contribution is -0.139. The normalized spacial score (nSPS) is 14.9. The van der Waals surface area contributed by atoms with Crippen molar-refractivity contribution in [2.24, 2.45) is 11.8 Å². The maximum Gasteiger partial charge on any atom is 0.332 e. The predicted molar refractivity (Wildman–Crippen MR) is 254 cm³/mol. The van der Waals surface area contributed by atoms with Crippen LogP contribution in [0.1, 0.15) is 69.8 Å². The average Bonchev–Trinajstić information content (AvgIpc) is 3.73. The number of rotatable bonds is 35. The average molecular weight is 939 g/mol. The van der Waals surface area contributed by atoms with Gasteiger partial charge in [-0.25, -0.2) is 14.6 Å². The zero-order chi connectivity index (χ0) is 47.2. The van der Waals surface area contributed by atoms with Crippen molar-refractivity contribution < 1.29 is 52.2 Å². The van der Waals surface area contributed by atoms with Gasteiger partial charge in [-0.1, -0.05) is 68.7 Å². The molecule has 17 heteroatoms. The van der Waals surface area contributed by atoms with Crippen LogP contribution in [0, 0.1) is 24.2 Å². The summed E-state index contributed by atoms with van der Waals surface area (Å²) in [6, 6.07) is 7.47. The molecule has 0 N–H and O–H groups in total. The summed E-state index contributed by atoms with van der Waals surface area (Å²) in [6.07, 6.45) is 20.0. The van der Waals surface area contributed by atoms with Gasteiger partial charge in [-0.3, -0.25) is 13.9 Å². The van der Waals surface area contributed by atoms with E-state index in [1.807, 2.05) is 24.3 Å². The fraction of sp³-hybridized carbons (Fsp3) is 0.680. The minimum atomic E-state index is -0.492. The molecule has 2 heterocycles. The summed E-state index contributed by atoms with van der Waals surface area (Å²) in [5, 5.41) is 0. The van der Waals surface area contributed by atoms with Crippen LogP contribution >= 0.6 is 0 Å². The molecule has 2 aliphatic carbocycles. The van der Waals surface area contributed by atoms with Crippen molar-refractivity contribution >= 4 is 23.2 Å². The van der Waals surface area contributed by atoms with Crippen molar-refractivity contribution in [3.05, 3.63) is 56.7 Å². The Kier molecular flexibility index (Phi) is 26.1. The summed E-state index contributed by atoms with van der Waals surface area (Å²) in [5.74, 6) is 3.40. The maximum atomic E-state index is 14.2. The van der Waals surface area contributed by atoms with Gasteiger partial charge in [0.05, 0.1) is 119 Å². The second-order valence-electron chi connectivity index (χ2n) is 16.7. The summed E-state index contributed by atoms with van der Waals surface area (Å²) < 4.78 is 58.9. The first-order valence-electron chi connectivity index (χ1n) is 24.2. The van der Waals surface area contributed by atoms with Gasteiger partial charge >= 0.3 is 11.7 Å². The van der Waals surface area contributed by atoms with Crippen molar-refractivity contribution in [2.75, 3.05) is 126 Å². The summed E-state index contributed by atoms with van der Waals surface area (Å²) in [6.45, 7) is 9.13. The lowest BCUT2D eigenvalue weighted by Crippen LogP contribution is -2.43. The monoisotopic (exact) mass is 939 g/mol. The van der Waals surface area contributed by atoms with Crippen LogP contribution in [0.25, 0.3) is 28.6 Å². The summed E-state index contributed by atoms with van der Waals surface area (Å²) in [7, 11) is 1.64. The quantitative estimate of drug-likeness (QED) is 0.0328. The lowest BCUT2D eigenvalue weighted by atomic mass is 9.89. The number of hydrogen-bond acceptors (Lipinski definition) is 14. The third-order valence-electron chi connectivity index (χ3n) is 11.8. The zero-order valence-electron chi connectivity index (χ0n) is 39.7. The summed E-state index contributed by atoms with van der Waals surface area (Å²) in [4.78, 5) is 45.8. The van der Waals surface area contributed by atoms with Crippen molar-refractivity contribution in [2.45, 2.75) is 83.8 Å². The highest BCUT2D eigenvalue weighted by Gasteiger charge is 2.26. The number of methoxy groups -OCH3 is 1. The molecule has 0 amide bonds. The molecule has 0 radical (unpaired) electrons. The fourth-order valence-corrected chi connectivity index (χ4v) is 8.28. The number of terminal acetylenes is 1. The number of hydrogen-bond donors (Lipinski definition) is 0. The molecule has 372 valence electrons. The van der Waals surface area contributed by atoms with Gasteiger partial charge in [-0.15, -0.1) is 6.42 Å². The number of benzene rings is 1. The third kappa shape index (κ3) is 19.4. The third-order valence-corrected chi connectivity index (χ3v) is 11.8. The molecule has 5 rings (SSSR count). The van der Waals surface area contributed by atoms with Crippen molar-refractivity contribution in [1.29, 1.82) is 0 Å². The molecule has 0 bridgehead atoms. The van der Waals surface area contributed by atoms with E-state index in [0.717, 1.165) is 62.5 Å². The number of esters is 1. The highest BCUT2D eigenvalue weighted by Crippen LogP contribution is 2.29. The Bertz CT molecular complexity index is 2030. The molecule has 0 spiro atoms. The SMILES string of the molecule is C#CCn1c(-c2ccc(C=CC(=O)OCCOCCOCCOCCOCCOCCOCCOCCOCCOC)cc2)nc2c1c(=O)n(CC1CCCCC1)c(=O)n2CC1CCCCC1.